The number of rotatable bonds is 6. The Kier molecular flexibility index (Phi) is 4.88. The highest BCUT2D eigenvalue weighted by molar-refractivity contribution is 7.89. The maximum atomic E-state index is 12.7. The van der Waals surface area contributed by atoms with E-state index in [9.17, 15) is 13.2 Å². The van der Waals surface area contributed by atoms with Gasteiger partial charge in [-0.05, 0) is 49.6 Å². The maximum absolute atomic E-state index is 12.7. The molecule has 1 fully saturated rings. The summed E-state index contributed by atoms with van der Waals surface area (Å²) in [6, 6.07) is 9.41. The minimum Gasteiger partial charge on any atom is -0.497 e. The summed E-state index contributed by atoms with van der Waals surface area (Å²) in [5, 5.41) is 2.71. The molecule has 7 nitrogen and oxygen atoms in total. The van der Waals surface area contributed by atoms with E-state index in [0.29, 0.717) is 22.7 Å². The van der Waals surface area contributed by atoms with Gasteiger partial charge in [0.25, 0.3) is 5.91 Å². The van der Waals surface area contributed by atoms with E-state index in [1.165, 1.54) is 19.2 Å². The van der Waals surface area contributed by atoms with E-state index in [1.54, 1.807) is 31.2 Å². The van der Waals surface area contributed by atoms with Crippen molar-refractivity contribution >= 4 is 27.3 Å². The number of aryl methyl sites for hydroxylation is 1. The zero-order chi connectivity index (χ0) is 18.9. The molecule has 0 aliphatic heterocycles. The molecule has 0 spiro atoms. The molecule has 26 heavy (non-hydrogen) atoms. The van der Waals surface area contributed by atoms with Gasteiger partial charge in [-0.2, -0.15) is 0 Å². The van der Waals surface area contributed by atoms with Crippen molar-refractivity contribution in [1.82, 2.24) is 4.72 Å². The van der Waals surface area contributed by atoms with Gasteiger partial charge in [0.2, 0.25) is 10.0 Å². The third kappa shape index (κ3) is 3.97. The Morgan fingerprint density at radius 3 is 2.58 bits per heavy atom. The number of sulfonamides is 1. The molecule has 8 heteroatoms. The number of hydrogen-bond donors (Lipinski definition) is 3. The molecule has 1 saturated carbocycles. The topological polar surface area (TPSA) is 111 Å². The number of amides is 1. The van der Waals surface area contributed by atoms with E-state index < -0.39 is 15.9 Å². The van der Waals surface area contributed by atoms with Gasteiger partial charge >= 0.3 is 0 Å². The lowest BCUT2D eigenvalue weighted by Crippen LogP contribution is -2.26. The van der Waals surface area contributed by atoms with Gasteiger partial charge in [0.1, 0.15) is 5.75 Å². The number of nitrogen functional groups attached to an aromatic ring is 1. The number of hydrogen-bond acceptors (Lipinski definition) is 5. The van der Waals surface area contributed by atoms with Crippen molar-refractivity contribution in [2.75, 3.05) is 18.2 Å². The van der Waals surface area contributed by atoms with Crippen LogP contribution in [-0.4, -0.2) is 27.5 Å². The van der Waals surface area contributed by atoms with Crippen molar-refractivity contribution in [1.29, 1.82) is 0 Å². The van der Waals surface area contributed by atoms with Gasteiger partial charge in [0.05, 0.1) is 23.4 Å². The molecule has 2 aromatic carbocycles. The van der Waals surface area contributed by atoms with Crippen LogP contribution in [-0.2, 0) is 10.0 Å². The van der Waals surface area contributed by atoms with Gasteiger partial charge in [-0.25, -0.2) is 13.1 Å². The van der Waals surface area contributed by atoms with Crippen LogP contribution in [0.3, 0.4) is 0 Å². The number of anilines is 2. The van der Waals surface area contributed by atoms with Crippen molar-refractivity contribution in [3.8, 4) is 5.75 Å². The molecule has 0 bridgehead atoms. The van der Waals surface area contributed by atoms with Gasteiger partial charge < -0.3 is 15.8 Å². The van der Waals surface area contributed by atoms with Crippen LogP contribution < -0.4 is 20.5 Å². The zero-order valence-electron chi connectivity index (χ0n) is 14.6. The number of carbonyl (C=O) groups excluding carboxylic acids is 1. The van der Waals surface area contributed by atoms with Crippen LogP contribution in [0.1, 0.15) is 28.8 Å². The Bertz CT molecular complexity index is 953. The van der Waals surface area contributed by atoms with Crippen LogP contribution in [0.2, 0.25) is 0 Å². The predicted octanol–water partition coefficient (Wildman–Crippen LogP) is 2.28. The average Bonchev–Trinajstić information content (AvgIpc) is 3.40. The van der Waals surface area contributed by atoms with E-state index in [2.05, 4.69) is 10.0 Å². The Balaban J connectivity index is 1.88. The van der Waals surface area contributed by atoms with Crippen LogP contribution in [0.4, 0.5) is 11.4 Å². The van der Waals surface area contributed by atoms with Crippen LogP contribution in [0.25, 0.3) is 0 Å². The molecule has 1 amide bonds. The van der Waals surface area contributed by atoms with Crippen LogP contribution in [0.15, 0.2) is 41.3 Å². The molecule has 0 atom stereocenters. The van der Waals surface area contributed by atoms with Crippen molar-refractivity contribution < 1.29 is 17.9 Å². The lowest BCUT2D eigenvalue weighted by molar-refractivity contribution is 0.102. The number of nitrogens with two attached hydrogens (primary N) is 1. The Labute approximate surface area is 152 Å². The fourth-order valence-corrected chi connectivity index (χ4v) is 3.79. The van der Waals surface area contributed by atoms with Gasteiger partial charge in [0, 0.05) is 17.7 Å². The standard InChI is InChI=1S/C18H21N3O4S/c1-11-3-7-14(26(23,24)21-12-4-5-12)10-15(11)18(22)20-17-9-13(25-2)6-8-16(17)19/h3,6-10,12,21H,4-5,19H2,1-2H3,(H,20,22). The number of benzene rings is 2. The third-order valence-electron chi connectivity index (χ3n) is 4.17. The van der Waals surface area contributed by atoms with Gasteiger partial charge in [-0.3, -0.25) is 4.79 Å². The SMILES string of the molecule is COc1ccc(N)c(NC(=O)c2cc(S(=O)(=O)NC3CC3)ccc2C)c1. The lowest BCUT2D eigenvalue weighted by atomic mass is 10.1. The normalized spacial score (nSPS) is 14.1. The van der Waals surface area contributed by atoms with Crippen LogP contribution >= 0.6 is 0 Å². The first kappa shape index (κ1) is 18.2. The molecule has 2 aromatic rings. The first-order valence-electron chi connectivity index (χ1n) is 8.18. The molecule has 4 N–H and O–H groups in total. The molecule has 0 aromatic heterocycles. The summed E-state index contributed by atoms with van der Waals surface area (Å²) in [6.45, 7) is 1.74. The highest BCUT2D eigenvalue weighted by Gasteiger charge is 2.28. The number of nitrogens with one attached hydrogen (secondary N) is 2. The van der Waals surface area contributed by atoms with Crippen molar-refractivity contribution in [3.05, 3.63) is 47.5 Å². The highest BCUT2D eigenvalue weighted by atomic mass is 32.2. The predicted molar refractivity (Wildman–Crippen MR) is 99.9 cm³/mol. The molecule has 0 heterocycles. The zero-order valence-corrected chi connectivity index (χ0v) is 15.4. The molecule has 0 unspecified atom stereocenters. The quantitative estimate of drug-likeness (QED) is 0.671. The van der Waals surface area contributed by atoms with E-state index in [4.69, 9.17) is 10.5 Å². The first-order chi connectivity index (χ1) is 12.3. The van der Waals surface area contributed by atoms with Gasteiger partial charge in [-0.1, -0.05) is 6.07 Å². The maximum Gasteiger partial charge on any atom is 0.256 e. The average molecular weight is 375 g/mol. The number of ether oxygens (including phenoxy) is 1. The van der Waals surface area contributed by atoms with E-state index >= 15 is 0 Å². The molecule has 0 saturated heterocycles. The summed E-state index contributed by atoms with van der Waals surface area (Å²) < 4.78 is 32.5. The molecular formula is C18H21N3O4S. The summed E-state index contributed by atoms with van der Waals surface area (Å²) in [5.41, 5.74) is 7.61. The van der Waals surface area contributed by atoms with E-state index in [-0.39, 0.29) is 16.5 Å². The number of methoxy groups -OCH3 is 1. The number of carbonyl (C=O) groups is 1. The molecular weight excluding hydrogens is 354 g/mol. The fraction of sp³-hybridized carbons (Fsp3) is 0.278. The summed E-state index contributed by atoms with van der Waals surface area (Å²) >= 11 is 0. The smallest absolute Gasteiger partial charge is 0.256 e. The highest BCUT2D eigenvalue weighted by Crippen LogP contribution is 2.26. The monoisotopic (exact) mass is 375 g/mol. The van der Waals surface area contributed by atoms with E-state index in [0.717, 1.165) is 12.8 Å². The molecule has 0 radical (unpaired) electrons. The summed E-state index contributed by atoms with van der Waals surface area (Å²) in [4.78, 5) is 12.7. The largest absolute Gasteiger partial charge is 0.497 e. The van der Waals surface area contributed by atoms with Crippen molar-refractivity contribution in [3.63, 3.8) is 0 Å². The van der Waals surface area contributed by atoms with E-state index in [1.807, 2.05) is 0 Å². The molecule has 138 valence electrons. The second-order valence-electron chi connectivity index (χ2n) is 6.28. The second kappa shape index (κ2) is 6.97. The van der Waals surface area contributed by atoms with Crippen LogP contribution in [0, 0.1) is 6.92 Å². The first-order valence-corrected chi connectivity index (χ1v) is 9.66. The summed E-state index contributed by atoms with van der Waals surface area (Å²) in [7, 11) is -2.12. The van der Waals surface area contributed by atoms with Gasteiger partial charge in [0.15, 0.2) is 0 Å². The molecule has 3 rings (SSSR count). The molecule has 1 aliphatic carbocycles. The second-order valence-corrected chi connectivity index (χ2v) is 7.99. The minimum absolute atomic E-state index is 0.00448. The fourth-order valence-electron chi connectivity index (χ4n) is 2.46. The summed E-state index contributed by atoms with van der Waals surface area (Å²) in [6.07, 6.45) is 1.68. The summed E-state index contributed by atoms with van der Waals surface area (Å²) in [5.74, 6) is 0.113. The van der Waals surface area contributed by atoms with Crippen LogP contribution in [0.5, 0.6) is 5.75 Å². The van der Waals surface area contributed by atoms with Gasteiger partial charge in [-0.15, -0.1) is 0 Å². The molecule has 1 aliphatic rings. The van der Waals surface area contributed by atoms with Crippen molar-refractivity contribution in [2.45, 2.75) is 30.7 Å². The Morgan fingerprint density at radius 1 is 1.19 bits per heavy atom. The lowest BCUT2D eigenvalue weighted by Gasteiger charge is -2.13. The Hall–Kier alpha value is -2.58. The Morgan fingerprint density at radius 2 is 1.92 bits per heavy atom. The minimum atomic E-state index is -3.64. The third-order valence-corrected chi connectivity index (χ3v) is 5.69. The van der Waals surface area contributed by atoms with Crippen molar-refractivity contribution in [2.24, 2.45) is 0 Å².